The van der Waals surface area contributed by atoms with Crippen LogP contribution in [0.1, 0.15) is 87.6 Å². The van der Waals surface area contributed by atoms with Crippen LogP contribution >= 0.6 is 0 Å². The Morgan fingerprint density at radius 2 is 1.10 bits per heavy atom. The average Bonchev–Trinajstić information content (AvgIpc) is 3.49. The number of hydrogen-bond donors (Lipinski definition) is 0. The first-order valence-corrected chi connectivity index (χ1v) is 20.2. The van der Waals surface area contributed by atoms with E-state index in [4.69, 9.17) is 38.4 Å². The molecule has 0 bridgehead atoms. The molecule has 2 saturated heterocycles. The van der Waals surface area contributed by atoms with E-state index in [1.54, 1.807) is 62.8 Å². The Morgan fingerprint density at radius 3 is 1.58 bits per heavy atom. The molecule has 0 spiro atoms. The lowest BCUT2D eigenvalue weighted by Crippen LogP contribution is -2.43. The first-order valence-electron chi connectivity index (χ1n) is 20.2. The highest BCUT2D eigenvalue weighted by atomic mass is 16.5. The number of fused-ring (bicyclic) bond motifs is 4. The first kappa shape index (κ1) is 39.5. The monoisotopic (exact) mass is 800 g/mol. The van der Waals surface area contributed by atoms with Crippen LogP contribution in [0.2, 0.25) is 0 Å². The summed E-state index contributed by atoms with van der Waals surface area (Å²) in [6.07, 6.45) is 9.57. The van der Waals surface area contributed by atoms with E-state index in [0.717, 1.165) is 49.7 Å². The lowest BCUT2D eigenvalue weighted by molar-refractivity contribution is 0.0680. The molecule has 0 aliphatic carbocycles. The summed E-state index contributed by atoms with van der Waals surface area (Å²) in [5, 5.41) is 0. The summed E-state index contributed by atoms with van der Waals surface area (Å²) in [5.74, 6) is 2.83. The number of amides is 2. The molecule has 4 aromatic rings. The van der Waals surface area contributed by atoms with Gasteiger partial charge in [0, 0.05) is 43.2 Å². The standard InChI is InChI=1S/C46H48N4O9/c1-29(51)32-10-12-35(13-11-32)56-16-17-57-36-19-30(27-58-43-23-39-37(21-41(43)54-2)45(52)49-14-6-4-8-33(49)25-47-39)18-31(20-36)28-59-44-24-40-38(22-42(44)55-3)46(53)50-15-7-5-9-34(50)26-48-40/h10-13,18-26,33-34H,4-9,14-17,27-28H2,1-3H3/t33-,34-/m1/s1. The van der Waals surface area contributed by atoms with Gasteiger partial charge in [-0.2, -0.15) is 0 Å². The average molecular weight is 801 g/mol. The third kappa shape index (κ3) is 8.74. The van der Waals surface area contributed by atoms with E-state index in [0.29, 0.717) is 75.7 Å². The third-order valence-electron chi connectivity index (χ3n) is 11.1. The van der Waals surface area contributed by atoms with Crippen molar-refractivity contribution in [3.05, 3.63) is 94.5 Å². The molecule has 4 aliphatic rings. The number of ether oxygens (including phenoxy) is 6. The number of ketones is 1. The van der Waals surface area contributed by atoms with E-state index in [2.05, 4.69) is 0 Å². The third-order valence-corrected chi connectivity index (χ3v) is 11.1. The molecule has 13 heteroatoms. The lowest BCUT2D eigenvalue weighted by Gasteiger charge is -2.32. The number of nitrogens with zero attached hydrogens (tertiary/aromatic N) is 4. The summed E-state index contributed by atoms with van der Waals surface area (Å²) in [4.78, 5) is 52.0. The van der Waals surface area contributed by atoms with E-state index in [9.17, 15) is 14.4 Å². The van der Waals surface area contributed by atoms with Crippen molar-refractivity contribution in [3.8, 4) is 34.5 Å². The highest BCUT2D eigenvalue weighted by Gasteiger charge is 2.32. The number of rotatable bonds is 14. The lowest BCUT2D eigenvalue weighted by atomic mass is 10.0. The van der Waals surface area contributed by atoms with Gasteiger partial charge in [-0.25, -0.2) is 0 Å². The first-order chi connectivity index (χ1) is 28.8. The van der Waals surface area contributed by atoms with Crippen molar-refractivity contribution in [2.45, 2.75) is 70.7 Å². The van der Waals surface area contributed by atoms with Crippen LogP contribution in [0, 0.1) is 0 Å². The molecule has 2 atom stereocenters. The van der Waals surface area contributed by atoms with Crippen molar-refractivity contribution in [2.75, 3.05) is 40.5 Å². The van der Waals surface area contributed by atoms with Gasteiger partial charge in [-0.1, -0.05) is 0 Å². The van der Waals surface area contributed by atoms with E-state index in [1.807, 2.05) is 40.4 Å². The molecule has 0 unspecified atom stereocenters. The van der Waals surface area contributed by atoms with Gasteiger partial charge in [0.1, 0.15) is 37.9 Å². The second kappa shape index (κ2) is 17.6. The molecule has 4 heterocycles. The summed E-state index contributed by atoms with van der Waals surface area (Å²) in [7, 11) is 3.10. The van der Waals surface area contributed by atoms with Crippen molar-refractivity contribution in [1.82, 2.24) is 9.80 Å². The van der Waals surface area contributed by atoms with Gasteiger partial charge < -0.3 is 38.2 Å². The molecule has 2 fully saturated rings. The highest BCUT2D eigenvalue weighted by molar-refractivity contribution is 6.04. The van der Waals surface area contributed by atoms with Gasteiger partial charge in [0.25, 0.3) is 11.8 Å². The van der Waals surface area contributed by atoms with Gasteiger partial charge >= 0.3 is 0 Å². The second-order valence-electron chi connectivity index (χ2n) is 15.1. The molecular weight excluding hydrogens is 753 g/mol. The number of aliphatic imine (C=N–C) groups is 2. The molecule has 2 amide bonds. The largest absolute Gasteiger partial charge is 0.493 e. The van der Waals surface area contributed by atoms with Gasteiger partial charge in [0.15, 0.2) is 28.8 Å². The van der Waals surface area contributed by atoms with E-state index < -0.39 is 0 Å². The predicted molar refractivity (Wildman–Crippen MR) is 222 cm³/mol. The van der Waals surface area contributed by atoms with Crippen LogP contribution in [-0.2, 0) is 13.2 Å². The van der Waals surface area contributed by atoms with Gasteiger partial charge in [-0.3, -0.25) is 24.4 Å². The van der Waals surface area contributed by atoms with Crippen molar-refractivity contribution in [2.24, 2.45) is 9.98 Å². The Morgan fingerprint density at radius 1 is 0.610 bits per heavy atom. The van der Waals surface area contributed by atoms with Gasteiger partial charge in [-0.05, 0) is 111 Å². The Bertz CT molecular complexity index is 2170. The quantitative estimate of drug-likeness (QED) is 0.0919. The van der Waals surface area contributed by atoms with Crippen LogP contribution in [0.25, 0.3) is 0 Å². The molecule has 13 nitrogen and oxygen atoms in total. The predicted octanol–water partition coefficient (Wildman–Crippen LogP) is 7.94. The van der Waals surface area contributed by atoms with Gasteiger partial charge in [0.2, 0.25) is 0 Å². The molecule has 59 heavy (non-hydrogen) atoms. The summed E-state index contributed by atoms with van der Waals surface area (Å²) in [6, 6.07) is 19.6. The molecule has 4 aliphatic heterocycles. The molecule has 8 rings (SSSR count). The van der Waals surface area contributed by atoms with Crippen LogP contribution in [-0.4, -0.2) is 92.4 Å². The number of carbonyl (C=O) groups is 3. The van der Waals surface area contributed by atoms with Crippen LogP contribution in [0.5, 0.6) is 34.5 Å². The Hall–Kier alpha value is -6.37. The van der Waals surface area contributed by atoms with Crippen LogP contribution in [0.4, 0.5) is 11.4 Å². The van der Waals surface area contributed by atoms with E-state index >= 15 is 0 Å². The molecule has 0 radical (unpaired) electrons. The number of carbonyl (C=O) groups excluding carboxylic acids is 3. The fourth-order valence-corrected chi connectivity index (χ4v) is 7.98. The zero-order chi connectivity index (χ0) is 40.9. The minimum Gasteiger partial charge on any atom is -0.493 e. The van der Waals surface area contributed by atoms with Crippen molar-refractivity contribution >= 4 is 41.4 Å². The molecule has 0 saturated carbocycles. The fraction of sp³-hybridized carbons (Fsp3) is 0.370. The van der Waals surface area contributed by atoms with Gasteiger partial charge in [0.05, 0.1) is 48.8 Å². The number of methoxy groups -OCH3 is 2. The summed E-state index contributed by atoms with van der Waals surface area (Å²) in [6.45, 7) is 3.71. The number of hydrogen-bond acceptors (Lipinski definition) is 11. The highest BCUT2D eigenvalue weighted by Crippen LogP contribution is 2.40. The Labute approximate surface area is 343 Å². The topological polar surface area (TPSA) is 138 Å². The number of piperidine rings is 2. The zero-order valence-electron chi connectivity index (χ0n) is 33.6. The molecule has 0 aromatic heterocycles. The maximum atomic E-state index is 13.6. The maximum absolute atomic E-state index is 13.6. The SMILES string of the molecule is COc1cc2c(cc1OCc1cc(COc3cc4c(cc3OC)C(=O)N3CCCC[C@@H]3C=N4)cc(OCCOc3ccc(C(C)=O)cc3)c1)N=C[C@H]1CCCCN1C2=O. The van der Waals surface area contributed by atoms with E-state index in [-0.39, 0.29) is 56.1 Å². The molecule has 0 N–H and O–H groups in total. The summed E-state index contributed by atoms with van der Waals surface area (Å²) < 4.78 is 36.3. The normalized spacial score (nSPS) is 18.1. The maximum Gasteiger partial charge on any atom is 0.256 e. The minimum atomic E-state index is -0.0566. The van der Waals surface area contributed by atoms with Gasteiger partial charge in [-0.15, -0.1) is 0 Å². The number of benzene rings is 4. The second-order valence-corrected chi connectivity index (χ2v) is 15.1. The fourth-order valence-electron chi connectivity index (χ4n) is 7.98. The molecular formula is C46H48N4O9. The minimum absolute atomic E-state index is 0.0110. The molecule has 306 valence electrons. The molecule has 4 aromatic carbocycles. The van der Waals surface area contributed by atoms with E-state index in [1.165, 1.54) is 6.92 Å². The van der Waals surface area contributed by atoms with Crippen LogP contribution in [0.15, 0.2) is 76.7 Å². The van der Waals surface area contributed by atoms with Crippen LogP contribution < -0.4 is 28.4 Å². The Kier molecular flexibility index (Phi) is 11.8. The van der Waals surface area contributed by atoms with Crippen LogP contribution in [0.3, 0.4) is 0 Å². The van der Waals surface area contributed by atoms with Crippen molar-refractivity contribution < 1.29 is 42.8 Å². The zero-order valence-corrected chi connectivity index (χ0v) is 33.6. The van der Waals surface area contributed by atoms with Crippen molar-refractivity contribution in [1.29, 1.82) is 0 Å². The smallest absolute Gasteiger partial charge is 0.256 e. The van der Waals surface area contributed by atoms with Crippen molar-refractivity contribution in [3.63, 3.8) is 0 Å². The summed E-state index contributed by atoms with van der Waals surface area (Å²) in [5.41, 5.74) is 4.25. The Balaban J connectivity index is 1.02. The summed E-state index contributed by atoms with van der Waals surface area (Å²) >= 11 is 0. The number of Topliss-reactive ketones (excluding diaryl/α,β-unsaturated/α-hetero) is 1.